The normalized spacial score (nSPS) is 15.2. The van der Waals surface area contributed by atoms with E-state index in [0.29, 0.717) is 18.9 Å². The molecule has 35 heavy (non-hydrogen) atoms. The fourth-order valence-corrected chi connectivity index (χ4v) is 3.65. The Balaban J connectivity index is 4.71. The standard InChI is InChI=1S/C24H44N4O6S/c1-14(2)12-23(6,7)34-10-9-24(8,35)22(33)27-16(5)21(32)26-13-19(30)28-17(11-18(25)29)20(31)15(3)4/h14-17,35H,9-13H2,1-8H3,(H2,25,29)(H,26,32)(H,27,33)(H,28,30). The van der Waals surface area contributed by atoms with Crippen LogP contribution in [0.25, 0.3) is 0 Å². The van der Waals surface area contributed by atoms with E-state index in [1.807, 2.05) is 13.8 Å². The molecule has 4 amide bonds. The molecule has 0 saturated carbocycles. The highest BCUT2D eigenvalue weighted by atomic mass is 32.1. The van der Waals surface area contributed by atoms with Gasteiger partial charge in [-0.1, -0.05) is 27.7 Å². The van der Waals surface area contributed by atoms with E-state index in [1.165, 1.54) is 6.92 Å². The topological polar surface area (TPSA) is 157 Å². The average molecular weight is 517 g/mol. The molecule has 202 valence electrons. The van der Waals surface area contributed by atoms with Crippen LogP contribution in [0.1, 0.15) is 74.7 Å². The molecule has 10 nitrogen and oxygen atoms in total. The van der Waals surface area contributed by atoms with Crippen LogP contribution in [0.3, 0.4) is 0 Å². The van der Waals surface area contributed by atoms with Crippen molar-refractivity contribution in [3.63, 3.8) is 0 Å². The van der Waals surface area contributed by atoms with Crippen molar-refractivity contribution >= 4 is 42.0 Å². The molecule has 3 unspecified atom stereocenters. The zero-order valence-electron chi connectivity index (χ0n) is 22.3. The van der Waals surface area contributed by atoms with E-state index < -0.39 is 52.9 Å². The van der Waals surface area contributed by atoms with Crippen LogP contribution < -0.4 is 21.7 Å². The number of hydrogen-bond acceptors (Lipinski definition) is 7. The van der Waals surface area contributed by atoms with Gasteiger partial charge in [-0.05, 0) is 46.5 Å². The summed E-state index contributed by atoms with van der Waals surface area (Å²) in [6, 6.07) is -1.99. The van der Waals surface area contributed by atoms with Gasteiger partial charge in [0, 0.05) is 12.5 Å². The lowest BCUT2D eigenvalue weighted by molar-refractivity contribution is -0.133. The van der Waals surface area contributed by atoms with Crippen LogP contribution >= 0.6 is 12.6 Å². The predicted octanol–water partition coefficient (Wildman–Crippen LogP) is 1.11. The van der Waals surface area contributed by atoms with Gasteiger partial charge in [0.05, 0.1) is 29.4 Å². The van der Waals surface area contributed by atoms with E-state index in [-0.39, 0.29) is 17.8 Å². The van der Waals surface area contributed by atoms with Crippen molar-refractivity contribution in [2.24, 2.45) is 17.6 Å². The molecule has 0 spiro atoms. The number of nitrogens with two attached hydrogens (primary N) is 1. The second-order valence-electron chi connectivity index (χ2n) is 10.5. The maximum atomic E-state index is 12.7. The molecular formula is C24H44N4O6S. The lowest BCUT2D eigenvalue weighted by atomic mass is 9.96. The summed E-state index contributed by atoms with van der Waals surface area (Å²) in [4.78, 5) is 60.6. The molecule has 0 aromatic heterocycles. The number of primary amides is 1. The van der Waals surface area contributed by atoms with Crippen molar-refractivity contribution in [1.82, 2.24) is 16.0 Å². The molecule has 0 aliphatic heterocycles. The molecule has 0 heterocycles. The van der Waals surface area contributed by atoms with Gasteiger partial charge in [-0.15, -0.1) is 0 Å². The largest absolute Gasteiger partial charge is 0.375 e. The Labute approximate surface area is 214 Å². The van der Waals surface area contributed by atoms with Crippen molar-refractivity contribution in [3.05, 3.63) is 0 Å². The average Bonchev–Trinajstić information content (AvgIpc) is 2.68. The summed E-state index contributed by atoms with van der Waals surface area (Å²) in [6.07, 6.45) is 0.884. The number of carbonyl (C=O) groups excluding carboxylic acids is 5. The number of nitrogens with one attached hydrogen (secondary N) is 3. The molecule has 0 aliphatic rings. The maximum Gasteiger partial charge on any atom is 0.242 e. The van der Waals surface area contributed by atoms with Gasteiger partial charge in [-0.2, -0.15) is 12.6 Å². The monoisotopic (exact) mass is 516 g/mol. The van der Waals surface area contributed by atoms with Crippen LogP contribution in [0.5, 0.6) is 0 Å². The van der Waals surface area contributed by atoms with Crippen LogP contribution in [0.4, 0.5) is 0 Å². The summed E-state index contributed by atoms with van der Waals surface area (Å²) in [5, 5.41) is 7.42. The molecule has 0 aliphatic carbocycles. The SMILES string of the molecule is CC(C)CC(C)(C)OCCC(C)(S)C(=O)NC(C)C(=O)NCC(=O)NC(CC(N)=O)C(=O)C(C)C. The summed E-state index contributed by atoms with van der Waals surface area (Å²) in [5.74, 6) is -2.69. The lowest BCUT2D eigenvalue weighted by Crippen LogP contribution is -2.53. The number of rotatable bonds is 16. The third-order valence-corrected chi connectivity index (χ3v) is 5.71. The molecule has 0 fully saturated rings. The number of carbonyl (C=O) groups is 5. The first-order valence-electron chi connectivity index (χ1n) is 11.9. The highest BCUT2D eigenvalue weighted by Crippen LogP contribution is 2.24. The summed E-state index contributed by atoms with van der Waals surface area (Å²) in [7, 11) is 0. The molecule has 0 radical (unpaired) electrons. The lowest BCUT2D eigenvalue weighted by Gasteiger charge is -2.30. The van der Waals surface area contributed by atoms with Crippen molar-refractivity contribution in [1.29, 1.82) is 0 Å². The van der Waals surface area contributed by atoms with Gasteiger partial charge in [0.1, 0.15) is 6.04 Å². The smallest absolute Gasteiger partial charge is 0.242 e. The Morgan fingerprint density at radius 3 is 2.03 bits per heavy atom. The van der Waals surface area contributed by atoms with Crippen molar-refractivity contribution in [2.75, 3.05) is 13.2 Å². The van der Waals surface area contributed by atoms with Crippen molar-refractivity contribution in [2.45, 2.75) is 97.1 Å². The van der Waals surface area contributed by atoms with Gasteiger partial charge in [0.25, 0.3) is 0 Å². The minimum atomic E-state index is -1.07. The Morgan fingerprint density at radius 1 is 0.971 bits per heavy atom. The van der Waals surface area contributed by atoms with Crippen LogP contribution in [0.2, 0.25) is 0 Å². The van der Waals surface area contributed by atoms with Crippen LogP contribution in [-0.4, -0.2) is 65.0 Å². The fourth-order valence-electron chi connectivity index (χ4n) is 3.49. The Morgan fingerprint density at radius 2 is 1.54 bits per heavy atom. The van der Waals surface area contributed by atoms with E-state index in [0.717, 1.165) is 6.42 Å². The van der Waals surface area contributed by atoms with Gasteiger partial charge < -0.3 is 26.4 Å². The first-order valence-corrected chi connectivity index (χ1v) is 12.4. The molecule has 0 saturated heterocycles. The molecule has 11 heteroatoms. The van der Waals surface area contributed by atoms with Gasteiger partial charge in [0.2, 0.25) is 23.6 Å². The van der Waals surface area contributed by atoms with Gasteiger partial charge in [-0.25, -0.2) is 0 Å². The molecule has 0 bridgehead atoms. The molecular weight excluding hydrogens is 472 g/mol. The second kappa shape index (κ2) is 14.4. The van der Waals surface area contributed by atoms with E-state index in [4.69, 9.17) is 10.5 Å². The third kappa shape index (κ3) is 13.5. The quantitative estimate of drug-likeness (QED) is 0.193. The second-order valence-corrected chi connectivity index (χ2v) is 11.5. The van der Waals surface area contributed by atoms with Crippen LogP contribution in [0.15, 0.2) is 0 Å². The first-order chi connectivity index (χ1) is 15.9. The minimum absolute atomic E-state index is 0.321. The number of Topliss-reactive ketones (excluding diaryl/α,β-unsaturated/α-hetero) is 1. The Hall–Kier alpha value is -2.14. The molecule has 0 aromatic carbocycles. The number of ether oxygens (including phenoxy) is 1. The van der Waals surface area contributed by atoms with Gasteiger partial charge in [0.15, 0.2) is 5.78 Å². The Kier molecular flexibility index (Phi) is 13.5. The van der Waals surface area contributed by atoms with Crippen LogP contribution in [-0.2, 0) is 28.7 Å². The molecule has 5 N–H and O–H groups in total. The zero-order chi connectivity index (χ0) is 27.6. The summed E-state index contributed by atoms with van der Waals surface area (Å²) in [5.41, 5.74) is 4.83. The number of hydrogen-bond donors (Lipinski definition) is 5. The number of thiol groups is 1. The zero-order valence-corrected chi connectivity index (χ0v) is 23.2. The molecule has 0 rings (SSSR count). The third-order valence-electron chi connectivity index (χ3n) is 5.29. The van der Waals surface area contributed by atoms with Crippen molar-refractivity contribution in [3.8, 4) is 0 Å². The van der Waals surface area contributed by atoms with Crippen molar-refractivity contribution < 1.29 is 28.7 Å². The van der Waals surface area contributed by atoms with Gasteiger partial charge in [-0.3, -0.25) is 24.0 Å². The van der Waals surface area contributed by atoms with Gasteiger partial charge >= 0.3 is 0 Å². The Bertz CT molecular complexity index is 767. The van der Waals surface area contributed by atoms with E-state index in [1.54, 1.807) is 20.8 Å². The highest BCUT2D eigenvalue weighted by Gasteiger charge is 2.32. The predicted molar refractivity (Wildman–Crippen MR) is 138 cm³/mol. The molecule has 3 atom stereocenters. The summed E-state index contributed by atoms with van der Waals surface area (Å²) in [6.45, 7) is 14.5. The first kappa shape index (κ1) is 32.9. The van der Waals surface area contributed by atoms with E-state index in [2.05, 4.69) is 42.4 Å². The molecule has 0 aromatic rings. The number of ketones is 1. The van der Waals surface area contributed by atoms with E-state index >= 15 is 0 Å². The highest BCUT2D eigenvalue weighted by molar-refractivity contribution is 7.82. The summed E-state index contributed by atoms with van der Waals surface area (Å²) < 4.78 is 4.85. The van der Waals surface area contributed by atoms with Crippen LogP contribution in [0, 0.1) is 11.8 Å². The summed E-state index contributed by atoms with van der Waals surface area (Å²) >= 11 is 4.45. The fraction of sp³-hybridized carbons (Fsp3) is 0.792. The minimum Gasteiger partial charge on any atom is -0.375 e. The van der Waals surface area contributed by atoms with E-state index in [9.17, 15) is 24.0 Å². The number of amides is 4. The maximum absolute atomic E-state index is 12.7.